The first-order valence-electron chi connectivity index (χ1n) is 6.41. The molecule has 2 fully saturated rings. The summed E-state index contributed by atoms with van der Waals surface area (Å²) in [5, 5.41) is 3.25. The molecule has 0 saturated carbocycles. The fraction of sp³-hybridized carbons (Fsp3) is 1.00. The summed E-state index contributed by atoms with van der Waals surface area (Å²) in [5.41, 5.74) is 0. The Morgan fingerprint density at radius 2 is 1.76 bits per heavy atom. The van der Waals surface area contributed by atoms with Gasteiger partial charge in [-0.3, -0.25) is 4.90 Å². The van der Waals surface area contributed by atoms with Crippen LogP contribution < -0.4 is 5.32 Å². The third kappa shape index (κ3) is 3.19. The van der Waals surface area contributed by atoms with Crippen molar-refractivity contribution in [2.24, 2.45) is 5.92 Å². The smallest absolute Gasteiger partial charge is 0.214 e. The molecular formula is C11H23N3O2S. The molecule has 0 radical (unpaired) electrons. The summed E-state index contributed by atoms with van der Waals surface area (Å²) in [6.45, 7) is 9.09. The molecule has 0 unspecified atom stereocenters. The van der Waals surface area contributed by atoms with Crippen LogP contribution in [0.1, 0.15) is 13.8 Å². The highest BCUT2D eigenvalue weighted by Gasteiger charge is 2.32. The van der Waals surface area contributed by atoms with Gasteiger partial charge in [-0.15, -0.1) is 0 Å². The molecule has 6 heteroatoms. The highest BCUT2D eigenvalue weighted by atomic mass is 32.2. The van der Waals surface area contributed by atoms with E-state index >= 15 is 0 Å². The second-order valence-electron chi connectivity index (χ2n) is 5.42. The zero-order valence-electron chi connectivity index (χ0n) is 10.7. The molecule has 5 nitrogen and oxygen atoms in total. The van der Waals surface area contributed by atoms with Crippen molar-refractivity contribution in [3.8, 4) is 0 Å². The van der Waals surface area contributed by atoms with Crippen molar-refractivity contribution < 1.29 is 8.42 Å². The first kappa shape index (κ1) is 13.3. The number of hydrogen-bond donors (Lipinski definition) is 1. The molecule has 2 aliphatic rings. The average molecular weight is 261 g/mol. The summed E-state index contributed by atoms with van der Waals surface area (Å²) in [7, 11) is -3.03. The van der Waals surface area contributed by atoms with Crippen molar-refractivity contribution in [3.63, 3.8) is 0 Å². The van der Waals surface area contributed by atoms with Gasteiger partial charge in [0.15, 0.2) is 0 Å². The third-order valence-electron chi connectivity index (χ3n) is 3.49. The third-order valence-corrected chi connectivity index (χ3v) is 5.73. The van der Waals surface area contributed by atoms with Crippen LogP contribution >= 0.6 is 0 Å². The van der Waals surface area contributed by atoms with E-state index in [1.807, 2.05) is 13.8 Å². The molecule has 2 rings (SSSR count). The summed E-state index contributed by atoms with van der Waals surface area (Å²) in [5.74, 6) is 0.478. The quantitative estimate of drug-likeness (QED) is 0.745. The van der Waals surface area contributed by atoms with Gasteiger partial charge < -0.3 is 5.32 Å². The van der Waals surface area contributed by atoms with Gasteiger partial charge in [0.25, 0.3) is 0 Å². The van der Waals surface area contributed by atoms with Gasteiger partial charge in [-0.05, 0) is 5.92 Å². The highest BCUT2D eigenvalue weighted by molar-refractivity contribution is 7.89. The van der Waals surface area contributed by atoms with Gasteiger partial charge in [0.05, 0.1) is 5.75 Å². The van der Waals surface area contributed by atoms with E-state index in [0.29, 0.717) is 19.1 Å². The van der Waals surface area contributed by atoms with Crippen molar-refractivity contribution in [1.29, 1.82) is 0 Å². The number of rotatable bonds is 4. The zero-order chi connectivity index (χ0) is 12.5. The minimum Gasteiger partial charge on any atom is -0.314 e. The number of piperazine rings is 1. The standard InChI is InChI=1S/C11H23N3O2S/c1-10(2)9-17(15,16)14-5-3-13(4-6-14)11-7-12-8-11/h10-12H,3-9H2,1-2H3. The van der Waals surface area contributed by atoms with Gasteiger partial charge >= 0.3 is 0 Å². The highest BCUT2D eigenvalue weighted by Crippen LogP contribution is 2.14. The molecule has 0 atom stereocenters. The van der Waals surface area contributed by atoms with Crippen molar-refractivity contribution in [2.75, 3.05) is 45.0 Å². The normalized spacial score (nSPS) is 25.1. The number of hydrogen-bond acceptors (Lipinski definition) is 4. The second-order valence-corrected chi connectivity index (χ2v) is 7.43. The largest absolute Gasteiger partial charge is 0.314 e. The molecule has 100 valence electrons. The predicted molar refractivity (Wildman–Crippen MR) is 68.4 cm³/mol. The SMILES string of the molecule is CC(C)CS(=O)(=O)N1CCN(C2CNC2)CC1. The van der Waals surface area contributed by atoms with Gasteiger partial charge in [-0.2, -0.15) is 4.31 Å². The Morgan fingerprint density at radius 3 is 2.18 bits per heavy atom. The van der Waals surface area contributed by atoms with E-state index in [1.54, 1.807) is 4.31 Å². The number of nitrogens with zero attached hydrogens (tertiary/aromatic N) is 2. The summed E-state index contributed by atoms with van der Waals surface area (Å²) >= 11 is 0. The lowest BCUT2D eigenvalue weighted by atomic mass is 10.1. The van der Waals surface area contributed by atoms with E-state index in [9.17, 15) is 8.42 Å². The van der Waals surface area contributed by atoms with Gasteiger partial charge in [0.2, 0.25) is 10.0 Å². The van der Waals surface area contributed by atoms with Gasteiger partial charge in [0, 0.05) is 45.3 Å². The lowest BCUT2D eigenvalue weighted by Crippen LogP contribution is -2.62. The van der Waals surface area contributed by atoms with Crippen LogP contribution in [0.15, 0.2) is 0 Å². The molecule has 2 heterocycles. The van der Waals surface area contributed by atoms with Crippen LogP contribution in [0.4, 0.5) is 0 Å². The molecule has 2 saturated heterocycles. The zero-order valence-corrected chi connectivity index (χ0v) is 11.5. The van der Waals surface area contributed by atoms with Crippen LogP contribution in [0, 0.1) is 5.92 Å². The molecule has 0 amide bonds. The summed E-state index contributed by atoms with van der Waals surface area (Å²) in [6.07, 6.45) is 0. The topological polar surface area (TPSA) is 52.7 Å². The molecule has 0 aliphatic carbocycles. The first-order valence-corrected chi connectivity index (χ1v) is 8.02. The first-order chi connectivity index (χ1) is 7.99. The summed E-state index contributed by atoms with van der Waals surface area (Å²) in [4.78, 5) is 2.40. The van der Waals surface area contributed by atoms with Crippen molar-refractivity contribution >= 4 is 10.0 Å². The Hall–Kier alpha value is -0.170. The van der Waals surface area contributed by atoms with Crippen LogP contribution in [0.5, 0.6) is 0 Å². The van der Waals surface area contributed by atoms with Crippen molar-refractivity contribution in [2.45, 2.75) is 19.9 Å². The molecule has 0 bridgehead atoms. The fourth-order valence-electron chi connectivity index (χ4n) is 2.41. The van der Waals surface area contributed by atoms with Crippen LogP contribution in [0.3, 0.4) is 0 Å². The maximum atomic E-state index is 12.1. The van der Waals surface area contributed by atoms with Gasteiger partial charge in [-0.25, -0.2) is 8.42 Å². The molecular weight excluding hydrogens is 238 g/mol. The average Bonchev–Trinajstić information content (AvgIpc) is 2.13. The lowest BCUT2D eigenvalue weighted by molar-refractivity contribution is 0.103. The molecule has 2 aliphatic heterocycles. The van der Waals surface area contributed by atoms with Crippen molar-refractivity contribution in [3.05, 3.63) is 0 Å². The predicted octanol–water partition coefficient (Wildman–Crippen LogP) is -0.438. The van der Waals surface area contributed by atoms with Gasteiger partial charge in [0.1, 0.15) is 0 Å². The van der Waals surface area contributed by atoms with E-state index in [4.69, 9.17) is 0 Å². The Labute approximate surface area is 104 Å². The van der Waals surface area contributed by atoms with E-state index in [2.05, 4.69) is 10.2 Å². The van der Waals surface area contributed by atoms with Crippen LogP contribution in [0.25, 0.3) is 0 Å². The van der Waals surface area contributed by atoms with E-state index in [-0.39, 0.29) is 11.7 Å². The van der Waals surface area contributed by atoms with E-state index in [1.165, 1.54) is 0 Å². The van der Waals surface area contributed by atoms with E-state index < -0.39 is 10.0 Å². The number of nitrogens with one attached hydrogen (secondary N) is 1. The lowest BCUT2D eigenvalue weighted by Gasteiger charge is -2.42. The number of sulfonamides is 1. The Bertz CT molecular complexity index is 344. The van der Waals surface area contributed by atoms with Gasteiger partial charge in [-0.1, -0.05) is 13.8 Å². The van der Waals surface area contributed by atoms with E-state index in [0.717, 1.165) is 26.2 Å². The molecule has 17 heavy (non-hydrogen) atoms. The molecule has 0 aromatic rings. The monoisotopic (exact) mass is 261 g/mol. The molecule has 0 aromatic carbocycles. The Morgan fingerprint density at radius 1 is 1.18 bits per heavy atom. The van der Waals surface area contributed by atoms with Crippen molar-refractivity contribution in [1.82, 2.24) is 14.5 Å². The minimum atomic E-state index is -3.03. The molecule has 0 aromatic heterocycles. The molecule has 1 N–H and O–H groups in total. The van der Waals surface area contributed by atoms with Crippen LogP contribution in [-0.4, -0.2) is 68.7 Å². The Kier molecular flexibility index (Phi) is 4.07. The maximum absolute atomic E-state index is 12.1. The summed E-state index contributed by atoms with van der Waals surface area (Å²) in [6, 6.07) is 0.630. The molecule has 0 spiro atoms. The Balaban J connectivity index is 1.85. The fourth-order valence-corrected chi connectivity index (χ4v) is 4.18. The minimum absolute atomic E-state index is 0.203. The van der Waals surface area contributed by atoms with Crippen LogP contribution in [-0.2, 0) is 10.0 Å². The van der Waals surface area contributed by atoms with Crippen LogP contribution in [0.2, 0.25) is 0 Å². The second kappa shape index (κ2) is 5.22. The summed E-state index contributed by atoms with van der Waals surface area (Å²) < 4.78 is 25.8. The maximum Gasteiger partial charge on any atom is 0.214 e.